The molecule has 4 heterocycles. The van der Waals surface area contributed by atoms with Gasteiger partial charge < -0.3 is 9.47 Å². The molecule has 1 aliphatic carbocycles. The summed E-state index contributed by atoms with van der Waals surface area (Å²) in [5.74, 6) is 2.26. The first-order valence-electron chi connectivity index (χ1n) is 10.6. The summed E-state index contributed by atoms with van der Waals surface area (Å²) < 4.78 is 4.19. The predicted molar refractivity (Wildman–Crippen MR) is 106 cm³/mol. The minimum absolute atomic E-state index is 0.163. The molecular weight excluding hydrogens is 352 g/mol. The summed E-state index contributed by atoms with van der Waals surface area (Å²) in [7, 11) is 4.10. The number of carbonyl (C=O) groups excluding carboxylic acids is 1. The number of nitrogens with zero attached hydrogens (tertiary/aromatic N) is 6. The number of likely N-dealkylation sites (N-methyl/N-ethyl adjacent to an activating group) is 1. The predicted octanol–water partition coefficient (Wildman–Crippen LogP) is 2.27. The molecule has 3 aliphatic rings. The molecule has 1 saturated heterocycles. The van der Waals surface area contributed by atoms with Crippen LogP contribution in [0.5, 0.6) is 0 Å². The van der Waals surface area contributed by atoms with Gasteiger partial charge in [-0.25, -0.2) is 4.98 Å². The molecule has 1 saturated carbocycles. The Bertz CT molecular complexity index is 900. The fourth-order valence-electron chi connectivity index (χ4n) is 4.88. The second kappa shape index (κ2) is 6.72. The number of likely N-dealkylation sites (tertiary alicyclic amines) is 1. The maximum atomic E-state index is 13.1. The molecule has 150 valence electrons. The van der Waals surface area contributed by atoms with Gasteiger partial charge in [-0.05, 0) is 39.7 Å². The summed E-state index contributed by atoms with van der Waals surface area (Å²) in [6.45, 7) is 6.85. The van der Waals surface area contributed by atoms with E-state index >= 15 is 0 Å². The van der Waals surface area contributed by atoms with Gasteiger partial charge in [0, 0.05) is 57.8 Å². The average molecular weight is 383 g/mol. The van der Waals surface area contributed by atoms with E-state index in [9.17, 15) is 4.79 Å². The van der Waals surface area contributed by atoms with E-state index < -0.39 is 0 Å². The van der Waals surface area contributed by atoms with E-state index in [1.165, 1.54) is 24.2 Å². The van der Waals surface area contributed by atoms with Gasteiger partial charge in [-0.2, -0.15) is 5.10 Å². The maximum absolute atomic E-state index is 13.1. The third-order valence-corrected chi connectivity index (χ3v) is 6.64. The molecule has 0 spiro atoms. The standard InChI is InChI=1S/C21H30N6O/c1-14-22-20(18-13-24(2)10-11-27(14)18)16-6-8-26(9-7-16)21(28)17-12-25(3)23-19(17)15-4-5-15/h12,15-16H,4-11,13H2,1-3H3. The molecule has 0 unspecified atom stereocenters. The summed E-state index contributed by atoms with van der Waals surface area (Å²) in [4.78, 5) is 22.5. The van der Waals surface area contributed by atoms with Gasteiger partial charge in [0.2, 0.25) is 0 Å². The summed E-state index contributed by atoms with van der Waals surface area (Å²) >= 11 is 0. The molecular formula is C21H30N6O. The average Bonchev–Trinajstić information content (AvgIpc) is 3.39. The van der Waals surface area contributed by atoms with E-state index in [4.69, 9.17) is 4.98 Å². The first-order valence-corrected chi connectivity index (χ1v) is 10.6. The second-order valence-electron chi connectivity index (χ2n) is 8.82. The van der Waals surface area contributed by atoms with Crippen LogP contribution in [0.4, 0.5) is 0 Å². The number of aryl methyl sites for hydroxylation is 2. The number of aromatic nitrogens is 4. The first-order chi connectivity index (χ1) is 13.5. The van der Waals surface area contributed by atoms with Crippen molar-refractivity contribution < 1.29 is 4.79 Å². The van der Waals surface area contributed by atoms with Gasteiger partial charge in [-0.1, -0.05) is 0 Å². The van der Waals surface area contributed by atoms with E-state index in [0.29, 0.717) is 11.8 Å². The number of carbonyl (C=O) groups is 1. The Labute approximate surface area is 166 Å². The third kappa shape index (κ3) is 3.05. The van der Waals surface area contributed by atoms with Gasteiger partial charge in [-0.3, -0.25) is 14.4 Å². The van der Waals surface area contributed by atoms with Crippen molar-refractivity contribution in [2.45, 2.75) is 57.5 Å². The number of piperidine rings is 1. The molecule has 2 aromatic heterocycles. The molecule has 2 fully saturated rings. The molecule has 0 atom stereocenters. The molecule has 2 aliphatic heterocycles. The van der Waals surface area contributed by atoms with E-state index in [1.54, 1.807) is 4.68 Å². The van der Waals surface area contributed by atoms with Crippen LogP contribution in [0, 0.1) is 6.92 Å². The lowest BCUT2D eigenvalue weighted by molar-refractivity contribution is 0.0710. The highest BCUT2D eigenvalue weighted by Gasteiger charge is 2.35. The van der Waals surface area contributed by atoms with E-state index in [2.05, 4.69) is 28.5 Å². The number of hydrogen-bond donors (Lipinski definition) is 0. The number of rotatable bonds is 3. The molecule has 0 aromatic carbocycles. The minimum atomic E-state index is 0.163. The smallest absolute Gasteiger partial charge is 0.257 e. The Morgan fingerprint density at radius 3 is 2.43 bits per heavy atom. The van der Waals surface area contributed by atoms with E-state index in [-0.39, 0.29) is 5.91 Å². The van der Waals surface area contributed by atoms with Crippen LogP contribution in [-0.2, 0) is 20.1 Å². The van der Waals surface area contributed by atoms with Crippen LogP contribution in [0.1, 0.15) is 70.8 Å². The lowest BCUT2D eigenvalue weighted by Gasteiger charge is -2.33. The van der Waals surface area contributed by atoms with Crippen molar-refractivity contribution in [3.63, 3.8) is 0 Å². The molecule has 1 amide bonds. The minimum Gasteiger partial charge on any atom is -0.338 e. The Morgan fingerprint density at radius 1 is 1.00 bits per heavy atom. The molecule has 7 nitrogen and oxygen atoms in total. The van der Waals surface area contributed by atoms with E-state index in [0.717, 1.165) is 62.6 Å². The Kier molecular flexibility index (Phi) is 4.30. The third-order valence-electron chi connectivity index (χ3n) is 6.64. The van der Waals surface area contributed by atoms with Crippen LogP contribution < -0.4 is 0 Å². The van der Waals surface area contributed by atoms with Crippen molar-refractivity contribution in [3.8, 4) is 0 Å². The van der Waals surface area contributed by atoms with Crippen LogP contribution in [0.2, 0.25) is 0 Å². The van der Waals surface area contributed by atoms with Crippen LogP contribution >= 0.6 is 0 Å². The second-order valence-corrected chi connectivity index (χ2v) is 8.82. The van der Waals surface area contributed by atoms with Crippen LogP contribution in [0.3, 0.4) is 0 Å². The van der Waals surface area contributed by atoms with Gasteiger partial charge in [0.05, 0.1) is 22.6 Å². The summed E-state index contributed by atoms with van der Waals surface area (Å²) in [6.07, 6.45) is 6.24. The molecule has 7 heteroatoms. The summed E-state index contributed by atoms with van der Waals surface area (Å²) in [6, 6.07) is 0. The van der Waals surface area contributed by atoms with E-state index in [1.807, 2.05) is 18.1 Å². The van der Waals surface area contributed by atoms with Gasteiger partial charge in [0.1, 0.15) is 5.82 Å². The molecule has 5 rings (SSSR count). The zero-order valence-electron chi connectivity index (χ0n) is 17.2. The highest BCUT2D eigenvalue weighted by Crippen LogP contribution is 2.41. The zero-order chi connectivity index (χ0) is 19.4. The highest BCUT2D eigenvalue weighted by atomic mass is 16.2. The van der Waals surface area contributed by atoms with Gasteiger partial charge in [0.15, 0.2) is 0 Å². The lowest BCUT2D eigenvalue weighted by Crippen LogP contribution is -2.38. The van der Waals surface area contributed by atoms with Crippen molar-refractivity contribution in [2.24, 2.45) is 7.05 Å². The normalized spacial score (nSPS) is 21.2. The monoisotopic (exact) mass is 382 g/mol. The van der Waals surface area contributed by atoms with Gasteiger partial charge in [0.25, 0.3) is 5.91 Å². The maximum Gasteiger partial charge on any atom is 0.257 e. The fourth-order valence-corrected chi connectivity index (χ4v) is 4.88. The topological polar surface area (TPSA) is 59.2 Å². The number of amides is 1. The fraction of sp³-hybridized carbons (Fsp3) is 0.667. The summed E-state index contributed by atoms with van der Waals surface area (Å²) in [5, 5.41) is 4.56. The van der Waals surface area contributed by atoms with Crippen molar-refractivity contribution in [2.75, 3.05) is 26.7 Å². The summed E-state index contributed by atoms with van der Waals surface area (Å²) in [5.41, 5.74) is 4.49. The zero-order valence-corrected chi connectivity index (χ0v) is 17.2. The molecule has 0 bridgehead atoms. The SMILES string of the molecule is Cc1nc(C2CCN(C(=O)c3cn(C)nc3C3CC3)CC2)c2n1CCN(C)C2. The van der Waals surface area contributed by atoms with Crippen LogP contribution in [0.25, 0.3) is 0 Å². The Hall–Kier alpha value is -2.15. The number of imidazole rings is 1. The van der Waals surface area contributed by atoms with Crippen molar-refractivity contribution in [1.29, 1.82) is 0 Å². The molecule has 2 aromatic rings. The lowest BCUT2D eigenvalue weighted by atomic mass is 9.91. The van der Waals surface area contributed by atoms with Crippen LogP contribution in [-0.4, -0.2) is 61.7 Å². The highest BCUT2D eigenvalue weighted by molar-refractivity contribution is 5.95. The van der Waals surface area contributed by atoms with Crippen molar-refractivity contribution in [1.82, 2.24) is 29.1 Å². The largest absolute Gasteiger partial charge is 0.338 e. The molecule has 0 N–H and O–H groups in total. The number of hydrogen-bond acceptors (Lipinski definition) is 4. The van der Waals surface area contributed by atoms with Crippen molar-refractivity contribution >= 4 is 5.91 Å². The molecule has 28 heavy (non-hydrogen) atoms. The molecule has 0 radical (unpaired) electrons. The van der Waals surface area contributed by atoms with Gasteiger partial charge in [-0.15, -0.1) is 0 Å². The first kappa shape index (κ1) is 17.9. The van der Waals surface area contributed by atoms with Gasteiger partial charge >= 0.3 is 0 Å². The van der Waals surface area contributed by atoms with Crippen molar-refractivity contribution in [3.05, 3.63) is 34.7 Å². The number of fused-ring (bicyclic) bond motifs is 1. The Morgan fingerprint density at radius 2 is 1.71 bits per heavy atom. The Balaban J connectivity index is 1.30. The quantitative estimate of drug-likeness (QED) is 0.817. The van der Waals surface area contributed by atoms with Crippen LogP contribution in [0.15, 0.2) is 6.20 Å².